The van der Waals surface area contributed by atoms with Crippen LogP contribution in [0.25, 0.3) is 0 Å². The lowest BCUT2D eigenvalue weighted by atomic mass is 9.97. The van der Waals surface area contributed by atoms with Crippen LogP contribution in [0, 0.1) is 18.8 Å². The number of hydrogen-bond acceptors (Lipinski definition) is 3. The molecule has 1 saturated heterocycles. The number of hydrogen-bond donors (Lipinski definition) is 2. The highest BCUT2D eigenvalue weighted by Gasteiger charge is 2.27. The number of aryl methyl sites for hydroxylation is 1. The Morgan fingerprint density at radius 3 is 2.60 bits per heavy atom. The molecule has 0 saturated carbocycles. The maximum absolute atomic E-state index is 12.4. The third-order valence-electron chi connectivity index (χ3n) is 4.52. The molecule has 6 nitrogen and oxygen atoms in total. The highest BCUT2D eigenvalue weighted by atomic mass is 16.5. The zero-order chi connectivity index (χ0) is 18.4. The molecule has 0 aromatic heterocycles. The Balaban J connectivity index is 1.91. The second-order valence-corrected chi connectivity index (χ2v) is 7.04. The van der Waals surface area contributed by atoms with E-state index < -0.39 is 5.97 Å². The Morgan fingerprint density at radius 2 is 2.00 bits per heavy atom. The monoisotopic (exact) mass is 348 g/mol. The molecule has 1 aromatic carbocycles. The van der Waals surface area contributed by atoms with Gasteiger partial charge in [-0.1, -0.05) is 19.9 Å². The number of anilines is 1. The third-order valence-corrected chi connectivity index (χ3v) is 4.52. The highest BCUT2D eigenvalue weighted by Crippen LogP contribution is 2.24. The molecule has 1 aliphatic heterocycles. The van der Waals surface area contributed by atoms with E-state index in [1.165, 1.54) is 0 Å². The van der Waals surface area contributed by atoms with Crippen LogP contribution in [0.2, 0.25) is 0 Å². The number of aliphatic carboxylic acids is 1. The topological polar surface area (TPSA) is 78.9 Å². The fourth-order valence-electron chi connectivity index (χ4n) is 2.77. The molecule has 0 atom stereocenters. The molecule has 2 rings (SSSR count). The molecular formula is C19H28N2O4. The van der Waals surface area contributed by atoms with Gasteiger partial charge in [0.1, 0.15) is 5.75 Å². The Labute approximate surface area is 149 Å². The van der Waals surface area contributed by atoms with E-state index in [-0.39, 0.29) is 11.9 Å². The third kappa shape index (κ3) is 5.66. The van der Waals surface area contributed by atoms with E-state index in [4.69, 9.17) is 9.84 Å². The fraction of sp³-hybridized carbons (Fsp3) is 0.579. The van der Waals surface area contributed by atoms with Crippen molar-refractivity contribution in [1.29, 1.82) is 0 Å². The van der Waals surface area contributed by atoms with Crippen LogP contribution >= 0.6 is 0 Å². The molecule has 0 aliphatic carbocycles. The van der Waals surface area contributed by atoms with Crippen molar-refractivity contribution in [2.75, 3.05) is 25.0 Å². The van der Waals surface area contributed by atoms with Crippen molar-refractivity contribution < 1.29 is 19.4 Å². The van der Waals surface area contributed by atoms with Crippen molar-refractivity contribution in [3.8, 4) is 5.75 Å². The van der Waals surface area contributed by atoms with Gasteiger partial charge in [-0.3, -0.25) is 4.79 Å². The number of urea groups is 1. The number of nitrogens with one attached hydrogen (secondary N) is 1. The SMILES string of the molecule is Cc1ccc(NC(=O)N2CCC(C(=O)O)CC2)cc1OCCC(C)C. The first kappa shape index (κ1) is 19.1. The summed E-state index contributed by atoms with van der Waals surface area (Å²) in [6.07, 6.45) is 1.98. The minimum Gasteiger partial charge on any atom is -0.493 e. The van der Waals surface area contributed by atoms with Gasteiger partial charge in [0.2, 0.25) is 0 Å². The summed E-state index contributed by atoms with van der Waals surface area (Å²) >= 11 is 0. The Hall–Kier alpha value is -2.24. The lowest BCUT2D eigenvalue weighted by Crippen LogP contribution is -2.42. The molecule has 0 spiro atoms. The largest absolute Gasteiger partial charge is 0.493 e. The van der Waals surface area contributed by atoms with E-state index in [9.17, 15) is 9.59 Å². The maximum atomic E-state index is 12.4. The van der Waals surface area contributed by atoms with Crippen LogP contribution in [0.15, 0.2) is 18.2 Å². The number of amides is 2. The van der Waals surface area contributed by atoms with Crippen molar-refractivity contribution in [2.24, 2.45) is 11.8 Å². The van der Waals surface area contributed by atoms with Gasteiger partial charge in [-0.25, -0.2) is 4.79 Å². The smallest absolute Gasteiger partial charge is 0.321 e. The normalized spacial score (nSPS) is 15.3. The van der Waals surface area contributed by atoms with Crippen LogP contribution in [0.4, 0.5) is 10.5 Å². The van der Waals surface area contributed by atoms with Gasteiger partial charge < -0.3 is 20.1 Å². The van der Waals surface area contributed by atoms with Crippen LogP contribution in [0.3, 0.4) is 0 Å². The van der Waals surface area contributed by atoms with E-state index in [1.54, 1.807) is 4.90 Å². The summed E-state index contributed by atoms with van der Waals surface area (Å²) in [7, 11) is 0. The second-order valence-electron chi connectivity index (χ2n) is 7.04. The van der Waals surface area contributed by atoms with Gasteiger partial charge in [0.25, 0.3) is 0 Å². The molecule has 0 radical (unpaired) electrons. The van der Waals surface area contributed by atoms with Crippen LogP contribution < -0.4 is 10.1 Å². The van der Waals surface area contributed by atoms with Crippen molar-refractivity contribution >= 4 is 17.7 Å². The highest BCUT2D eigenvalue weighted by molar-refractivity contribution is 5.89. The molecule has 1 aliphatic rings. The second kappa shape index (κ2) is 8.74. The van der Waals surface area contributed by atoms with E-state index >= 15 is 0 Å². The van der Waals surface area contributed by atoms with Crippen molar-refractivity contribution in [1.82, 2.24) is 4.90 Å². The van der Waals surface area contributed by atoms with Gasteiger partial charge in [-0.2, -0.15) is 0 Å². The van der Waals surface area contributed by atoms with Crippen molar-refractivity contribution in [3.05, 3.63) is 23.8 Å². The number of rotatable bonds is 6. The number of ether oxygens (including phenoxy) is 1. The van der Waals surface area contributed by atoms with Crippen molar-refractivity contribution in [2.45, 2.75) is 40.0 Å². The summed E-state index contributed by atoms with van der Waals surface area (Å²) in [6.45, 7) is 7.87. The first-order valence-corrected chi connectivity index (χ1v) is 8.89. The predicted molar refractivity (Wildman–Crippen MR) is 97.1 cm³/mol. The molecule has 138 valence electrons. The Kier molecular flexibility index (Phi) is 6.67. The first-order chi connectivity index (χ1) is 11.9. The maximum Gasteiger partial charge on any atom is 0.321 e. The van der Waals surface area contributed by atoms with Gasteiger partial charge in [0.05, 0.1) is 12.5 Å². The summed E-state index contributed by atoms with van der Waals surface area (Å²) in [5, 5.41) is 11.9. The van der Waals surface area contributed by atoms with Crippen LogP contribution in [-0.4, -0.2) is 41.7 Å². The number of carbonyl (C=O) groups excluding carboxylic acids is 1. The minimum atomic E-state index is -0.776. The predicted octanol–water partition coefficient (Wildman–Crippen LogP) is 3.75. The van der Waals surface area contributed by atoms with Gasteiger partial charge in [0, 0.05) is 24.8 Å². The Morgan fingerprint density at radius 1 is 1.32 bits per heavy atom. The number of nitrogens with zero attached hydrogens (tertiary/aromatic N) is 1. The molecular weight excluding hydrogens is 320 g/mol. The fourth-order valence-corrected chi connectivity index (χ4v) is 2.77. The van der Waals surface area contributed by atoms with Gasteiger partial charge in [-0.05, 0) is 43.7 Å². The molecule has 0 unspecified atom stereocenters. The zero-order valence-corrected chi connectivity index (χ0v) is 15.2. The van der Waals surface area contributed by atoms with E-state index in [2.05, 4.69) is 19.2 Å². The molecule has 1 heterocycles. The molecule has 6 heteroatoms. The molecule has 1 aromatic rings. The molecule has 25 heavy (non-hydrogen) atoms. The van der Waals surface area contributed by atoms with Gasteiger partial charge in [0.15, 0.2) is 0 Å². The summed E-state index contributed by atoms with van der Waals surface area (Å²) < 4.78 is 5.83. The van der Waals surface area contributed by atoms with E-state index in [0.29, 0.717) is 44.1 Å². The van der Waals surface area contributed by atoms with Crippen LogP contribution in [-0.2, 0) is 4.79 Å². The lowest BCUT2D eigenvalue weighted by Gasteiger charge is -2.30. The Bertz CT molecular complexity index is 607. The molecule has 0 bridgehead atoms. The number of carbonyl (C=O) groups is 2. The standard InChI is InChI=1S/C19H28N2O4/c1-13(2)8-11-25-17-12-16(5-4-14(17)3)20-19(24)21-9-6-15(7-10-21)18(22)23/h4-5,12-13,15H,6-11H2,1-3H3,(H,20,24)(H,22,23). The number of carboxylic acids is 1. The quantitative estimate of drug-likeness (QED) is 0.821. The van der Waals surface area contributed by atoms with Crippen LogP contribution in [0.1, 0.15) is 38.7 Å². The summed E-state index contributed by atoms with van der Waals surface area (Å²) in [4.78, 5) is 25.0. The van der Waals surface area contributed by atoms with Crippen LogP contribution in [0.5, 0.6) is 5.75 Å². The summed E-state index contributed by atoms with van der Waals surface area (Å²) in [5.74, 6) is 0.242. The number of likely N-dealkylation sites (tertiary alicyclic amines) is 1. The summed E-state index contributed by atoms with van der Waals surface area (Å²) in [5.41, 5.74) is 1.72. The zero-order valence-electron chi connectivity index (χ0n) is 15.2. The van der Waals surface area contributed by atoms with E-state index in [0.717, 1.165) is 17.7 Å². The molecule has 1 fully saturated rings. The first-order valence-electron chi connectivity index (χ1n) is 8.89. The minimum absolute atomic E-state index is 0.194. The van der Waals surface area contributed by atoms with E-state index in [1.807, 2.05) is 25.1 Å². The number of piperidine rings is 1. The summed E-state index contributed by atoms with van der Waals surface area (Å²) in [6, 6.07) is 5.43. The average molecular weight is 348 g/mol. The van der Waals surface area contributed by atoms with Gasteiger partial charge >= 0.3 is 12.0 Å². The molecule has 2 amide bonds. The number of benzene rings is 1. The van der Waals surface area contributed by atoms with Gasteiger partial charge in [-0.15, -0.1) is 0 Å². The molecule has 2 N–H and O–H groups in total. The average Bonchev–Trinajstić information content (AvgIpc) is 2.57. The lowest BCUT2D eigenvalue weighted by molar-refractivity contribution is -0.143. The number of carboxylic acid groups (broad SMARTS) is 1. The van der Waals surface area contributed by atoms with Crippen molar-refractivity contribution in [3.63, 3.8) is 0 Å².